The largest absolute Gasteiger partial charge is 0.324 e. The van der Waals surface area contributed by atoms with Crippen LogP contribution in [0, 0.1) is 5.82 Å². The van der Waals surface area contributed by atoms with E-state index in [1.165, 1.54) is 18.2 Å². The van der Waals surface area contributed by atoms with Crippen molar-refractivity contribution in [3.63, 3.8) is 0 Å². The fourth-order valence-electron chi connectivity index (χ4n) is 4.07. The van der Waals surface area contributed by atoms with Crippen LogP contribution in [0.3, 0.4) is 0 Å². The first-order valence-electron chi connectivity index (χ1n) is 9.85. The lowest BCUT2D eigenvalue weighted by Crippen LogP contribution is -2.35. The van der Waals surface area contributed by atoms with Crippen molar-refractivity contribution < 1.29 is 17.6 Å². The summed E-state index contributed by atoms with van der Waals surface area (Å²) in [7, 11) is -3.51. The quantitative estimate of drug-likeness (QED) is 0.812. The van der Waals surface area contributed by atoms with Crippen molar-refractivity contribution in [1.29, 1.82) is 0 Å². The van der Waals surface area contributed by atoms with Gasteiger partial charge in [-0.1, -0.05) is 30.3 Å². The summed E-state index contributed by atoms with van der Waals surface area (Å²) in [5.41, 5.74) is 1.27. The predicted octanol–water partition coefficient (Wildman–Crippen LogP) is 3.14. The lowest BCUT2D eigenvalue weighted by molar-refractivity contribution is -0.121. The number of hydrogen-bond donors (Lipinski definition) is 1. The number of carbonyl (C=O) groups excluding carboxylic acids is 1. The second-order valence-electron chi connectivity index (χ2n) is 7.45. The average molecular weight is 418 g/mol. The number of rotatable bonds is 5. The van der Waals surface area contributed by atoms with E-state index < -0.39 is 21.9 Å². The Morgan fingerprint density at radius 2 is 1.72 bits per heavy atom. The zero-order chi connectivity index (χ0) is 20.4. The first-order chi connectivity index (χ1) is 14.0. The summed E-state index contributed by atoms with van der Waals surface area (Å²) in [6.45, 7) is 1.93. The Bertz CT molecular complexity index is 991. The van der Waals surface area contributed by atoms with Crippen molar-refractivity contribution in [2.75, 3.05) is 35.0 Å². The van der Waals surface area contributed by atoms with Crippen LogP contribution in [0.25, 0.3) is 0 Å². The molecule has 2 saturated heterocycles. The summed E-state index contributed by atoms with van der Waals surface area (Å²) in [6.07, 6.45) is 2.55. The maximum Gasteiger partial charge on any atom is 0.246 e. The van der Waals surface area contributed by atoms with E-state index in [2.05, 4.69) is 10.2 Å². The SMILES string of the molecule is O=C(Nc1ccc(F)c(N2CCCS2(=O)=O)c1)C(c1ccccc1)N1CCCC1. The van der Waals surface area contributed by atoms with Gasteiger partial charge in [-0.05, 0) is 56.1 Å². The number of benzene rings is 2. The molecule has 4 rings (SSSR count). The van der Waals surface area contributed by atoms with Gasteiger partial charge < -0.3 is 5.32 Å². The summed E-state index contributed by atoms with van der Waals surface area (Å²) >= 11 is 0. The number of hydrogen-bond acceptors (Lipinski definition) is 4. The van der Waals surface area contributed by atoms with Crippen molar-refractivity contribution in [2.24, 2.45) is 0 Å². The third kappa shape index (κ3) is 4.13. The molecule has 6 nitrogen and oxygen atoms in total. The summed E-state index contributed by atoms with van der Waals surface area (Å²) in [5.74, 6) is -0.818. The van der Waals surface area contributed by atoms with Crippen molar-refractivity contribution in [2.45, 2.75) is 25.3 Å². The topological polar surface area (TPSA) is 69.7 Å². The molecule has 1 amide bonds. The van der Waals surface area contributed by atoms with Crippen molar-refractivity contribution >= 4 is 27.3 Å². The normalized spacial score (nSPS) is 20.0. The van der Waals surface area contributed by atoms with Gasteiger partial charge in [-0.2, -0.15) is 0 Å². The molecule has 2 aromatic rings. The molecule has 0 aromatic heterocycles. The first kappa shape index (κ1) is 19.8. The van der Waals surface area contributed by atoms with Crippen LogP contribution in [0.1, 0.15) is 30.9 Å². The number of nitrogens with one attached hydrogen (secondary N) is 1. The molecule has 0 bridgehead atoms. The maximum atomic E-state index is 14.3. The molecule has 2 aliphatic rings. The van der Waals surface area contributed by atoms with Gasteiger partial charge >= 0.3 is 0 Å². The van der Waals surface area contributed by atoms with E-state index in [1.54, 1.807) is 0 Å². The van der Waals surface area contributed by atoms with Gasteiger partial charge in [-0.15, -0.1) is 0 Å². The van der Waals surface area contributed by atoms with Gasteiger partial charge in [0.2, 0.25) is 15.9 Å². The van der Waals surface area contributed by atoms with Crippen molar-refractivity contribution in [3.8, 4) is 0 Å². The third-order valence-corrected chi connectivity index (χ3v) is 7.31. The molecule has 0 saturated carbocycles. The highest BCUT2D eigenvalue weighted by Gasteiger charge is 2.32. The molecule has 1 atom stereocenters. The standard InChI is InChI=1S/C21H24FN3O3S/c22-18-10-9-17(15-19(18)25-13-6-14-29(25,27)28)23-21(26)20(24-11-4-5-12-24)16-7-2-1-3-8-16/h1-3,7-10,15,20H,4-6,11-14H2,(H,23,26). The number of nitrogens with zero attached hydrogens (tertiary/aromatic N) is 2. The molecule has 0 aliphatic carbocycles. The molecule has 8 heteroatoms. The van der Waals surface area contributed by atoms with Crippen LogP contribution in [0.4, 0.5) is 15.8 Å². The summed E-state index contributed by atoms with van der Waals surface area (Å²) in [4.78, 5) is 15.3. The van der Waals surface area contributed by atoms with Crippen LogP contribution in [-0.2, 0) is 14.8 Å². The average Bonchev–Trinajstić information content (AvgIpc) is 3.34. The van der Waals surface area contributed by atoms with Gasteiger partial charge in [0.25, 0.3) is 0 Å². The molecule has 154 valence electrons. The second kappa shape index (κ2) is 8.12. The smallest absolute Gasteiger partial charge is 0.246 e. The minimum Gasteiger partial charge on any atom is -0.324 e. The van der Waals surface area contributed by atoms with Crippen LogP contribution in [0.15, 0.2) is 48.5 Å². The van der Waals surface area contributed by atoms with E-state index in [0.717, 1.165) is 35.8 Å². The highest BCUT2D eigenvalue weighted by molar-refractivity contribution is 7.93. The third-order valence-electron chi connectivity index (χ3n) is 5.45. The summed E-state index contributed by atoms with van der Waals surface area (Å²) in [5, 5.41) is 2.87. The van der Waals surface area contributed by atoms with E-state index in [1.807, 2.05) is 30.3 Å². The van der Waals surface area contributed by atoms with Gasteiger partial charge in [0.05, 0.1) is 11.4 Å². The first-order valence-corrected chi connectivity index (χ1v) is 11.5. The number of amides is 1. The number of sulfonamides is 1. The van der Waals surface area contributed by atoms with Gasteiger partial charge in [-0.3, -0.25) is 14.0 Å². The van der Waals surface area contributed by atoms with E-state index in [0.29, 0.717) is 12.1 Å². The van der Waals surface area contributed by atoms with Crippen LogP contribution in [0.2, 0.25) is 0 Å². The minimum absolute atomic E-state index is 0.00800. The molecule has 2 aromatic carbocycles. The number of carbonyl (C=O) groups is 1. The Kier molecular flexibility index (Phi) is 5.56. The lowest BCUT2D eigenvalue weighted by Gasteiger charge is -2.27. The molecule has 1 unspecified atom stereocenters. The molecule has 29 heavy (non-hydrogen) atoms. The zero-order valence-electron chi connectivity index (χ0n) is 16.1. The van der Waals surface area contributed by atoms with Crippen LogP contribution < -0.4 is 9.62 Å². The Hall–Kier alpha value is -2.45. The molecule has 2 aliphatic heterocycles. The monoisotopic (exact) mass is 417 g/mol. The Morgan fingerprint density at radius 1 is 1.00 bits per heavy atom. The van der Waals surface area contributed by atoms with Crippen molar-refractivity contribution in [3.05, 3.63) is 59.9 Å². The Balaban J connectivity index is 1.60. The molecule has 2 heterocycles. The fourth-order valence-corrected chi connectivity index (χ4v) is 5.63. The molecular weight excluding hydrogens is 393 g/mol. The van der Waals surface area contributed by atoms with Crippen LogP contribution in [0.5, 0.6) is 0 Å². The summed E-state index contributed by atoms with van der Waals surface area (Å²) < 4.78 is 39.8. The fraction of sp³-hybridized carbons (Fsp3) is 0.381. The number of anilines is 2. The highest BCUT2D eigenvalue weighted by Crippen LogP contribution is 2.31. The van der Waals surface area contributed by atoms with E-state index in [9.17, 15) is 17.6 Å². The van der Waals surface area contributed by atoms with Gasteiger partial charge in [-0.25, -0.2) is 12.8 Å². The van der Waals surface area contributed by atoms with E-state index >= 15 is 0 Å². The van der Waals surface area contributed by atoms with Gasteiger partial charge in [0.1, 0.15) is 11.9 Å². The van der Waals surface area contributed by atoms with Crippen LogP contribution >= 0.6 is 0 Å². The number of halogens is 1. The molecule has 0 spiro atoms. The Morgan fingerprint density at radius 3 is 2.38 bits per heavy atom. The summed E-state index contributed by atoms with van der Waals surface area (Å²) in [6, 6.07) is 13.2. The van der Waals surface area contributed by atoms with E-state index in [4.69, 9.17) is 0 Å². The molecule has 1 N–H and O–H groups in total. The number of likely N-dealkylation sites (tertiary alicyclic amines) is 1. The molecule has 2 fully saturated rings. The molecule has 0 radical (unpaired) electrons. The molecular formula is C21H24FN3O3S. The van der Waals surface area contributed by atoms with Crippen molar-refractivity contribution in [1.82, 2.24) is 4.90 Å². The predicted molar refractivity (Wildman–Crippen MR) is 111 cm³/mol. The Labute approximate surface area is 170 Å². The van der Waals surface area contributed by atoms with Gasteiger partial charge in [0, 0.05) is 12.2 Å². The minimum atomic E-state index is -3.51. The van der Waals surface area contributed by atoms with Gasteiger partial charge in [0.15, 0.2) is 0 Å². The second-order valence-corrected chi connectivity index (χ2v) is 9.47. The zero-order valence-corrected chi connectivity index (χ0v) is 16.9. The lowest BCUT2D eigenvalue weighted by atomic mass is 10.0. The maximum absolute atomic E-state index is 14.3. The van der Waals surface area contributed by atoms with E-state index in [-0.39, 0.29) is 23.9 Å². The van der Waals surface area contributed by atoms with Crippen LogP contribution in [-0.4, -0.2) is 44.6 Å². The highest BCUT2D eigenvalue weighted by atomic mass is 32.2.